The molecule has 2 amide bonds. The lowest BCUT2D eigenvalue weighted by Crippen LogP contribution is -2.48. The zero-order valence-corrected chi connectivity index (χ0v) is 15.7. The van der Waals surface area contributed by atoms with Crippen LogP contribution in [-0.4, -0.2) is 55.6 Å². The molecule has 2 aliphatic rings. The van der Waals surface area contributed by atoms with Crippen LogP contribution in [-0.2, 0) is 9.53 Å². The SMILES string of the molecule is CC(C)CN1CCOC(CNC(=O)c2ccc(NC(=O)C3CC3)cc2)C1. The third-order valence-corrected chi connectivity index (χ3v) is 4.70. The lowest BCUT2D eigenvalue weighted by Gasteiger charge is -2.33. The highest BCUT2D eigenvalue weighted by Gasteiger charge is 2.29. The molecule has 6 nitrogen and oxygen atoms in total. The maximum Gasteiger partial charge on any atom is 0.251 e. The average Bonchev–Trinajstić information content (AvgIpc) is 3.45. The van der Waals surface area contributed by atoms with Gasteiger partial charge in [-0.3, -0.25) is 14.5 Å². The first kappa shape index (κ1) is 18.9. The van der Waals surface area contributed by atoms with Crippen LogP contribution in [0.1, 0.15) is 37.0 Å². The minimum Gasteiger partial charge on any atom is -0.374 e. The molecule has 1 saturated heterocycles. The molecule has 2 N–H and O–H groups in total. The van der Waals surface area contributed by atoms with E-state index < -0.39 is 0 Å². The van der Waals surface area contributed by atoms with Crippen molar-refractivity contribution in [2.45, 2.75) is 32.8 Å². The van der Waals surface area contributed by atoms with Gasteiger partial charge in [0.2, 0.25) is 5.91 Å². The van der Waals surface area contributed by atoms with Crippen LogP contribution in [0.2, 0.25) is 0 Å². The van der Waals surface area contributed by atoms with Crippen molar-refractivity contribution in [3.05, 3.63) is 29.8 Å². The fourth-order valence-corrected chi connectivity index (χ4v) is 3.19. The van der Waals surface area contributed by atoms with E-state index in [2.05, 4.69) is 29.4 Å². The van der Waals surface area contributed by atoms with Crippen LogP contribution >= 0.6 is 0 Å². The first-order chi connectivity index (χ1) is 12.5. The van der Waals surface area contributed by atoms with Crippen LogP contribution in [0, 0.1) is 11.8 Å². The van der Waals surface area contributed by atoms with Gasteiger partial charge in [0, 0.05) is 43.3 Å². The summed E-state index contributed by atoms with van der Waals surface area (Å²) in [6.45, 7) is 8.51. The number of hydrogen-bond donors (Lipinski definition) is 2. The molecule has 0 radical (unpaired) electrons. The minimum absolute atomic E-state index is 0.0311. The highest BCUT2D eigenvalue weighted by atomic mass is 16.5. The second kappa shape index (κ2) is 8.64. The summed E-state index contributed by atoms with van der Waals surface area (Å²) in [5, 5.41) is 5.83. The van der Waals surface area contributed by atoms with Crippen molar-refractivity contribution in [2.24, 2.45) is 11.8 Å². The zero-order chi connectivity index (χ0) is 18.5. The number of carbonyl (C=O) groups is 2. The molecule has 3 rings (SSSR count). The van der Waals surface area contributed by atoms with Crippen molar-refractivity contribution < 1.29 is 14.3 Å². The molecule has 2 fully saturated rings. The monoisotopic (exact) mass is 359 g/mol. The highest BCUT2D eigenvalue weighted by molar-refractivity contribution is 5.96. The summed E-state index contributed by atoms with van der Waals surface area (Å²) in [7, 11) is 0. The van der Waals surface area contributed by atoms with Gasteiger partial charge < -0.3 is 15.4 Å². The topological polar surface area (TPSA) is 70.7 Å². The number of benzene rings is 1. The highest BCUT2D eigenvalue weighted by Crippen LogP contribution is 2.30. The van der Waals surface area contributed by atoms with Gasteiger partial charge in [-0.25, -0.2) is 0 Å². The lowest BCUT2D eigenvalue weighted by atomic mass is 10.1. The molecule has 0 aromatic heterocycles. The van der Waals surface area contributed by atoms with Gasteiger partial charge in [0.05, 0.1) is 12.7 Å². The maximum atomic E-state index is 12.3. The van der Waals surface area contributed by atoms with E-state index in [0.717, 1.165) is 38.2 Å². The largest absolute Gasteiger partial charge is 0.374 e. The van der Waals surface area contributed by atoms with Gasteiger partial charge in [0.1, 0.15) is 0 Å². The zero-order valence-electron chi connectivity index (χ0n) is 15.7. The van der Waals surface area contributed by atoms with Gasteiger partial charge in [0.15, 0.2) is 0 Å². The van der Waals surface area contributed by atoms with Crippen LogP contribution in [0.15, 0.2) is 24.3 Å². The molecule has 0 spiro atoms. The Morgan fingerprint density at radius 2 is 1.96 bits per heavy atom. The quantitative estimate of drug-likeness (QED) is 0.782. The lowest BCUT2D eigenvalue weighted by molar-refractivity contribution is -0.117. The first-order valence-corrected chi connectivity index (χ1v) is 9.54. The van der Waals surface area contributed by atoms with Gasteiger partial charge in [-0.1, -0.05) is 13.8 Å². The number of ether oxygens (including phenoxy) is 1. The molecule has 1 saturated carbocycles. The smallest absolute Gasteiger partial charge is 0.251 e. The van der Waals surface area contributed by atoms with Crippen LogP contribution in [0.5, 0.6) is 0 Å². The van der Waals surface area contributed by atoms with Crippen LogP contribution in [0.4, 0.5) is 5.69 Å². The van der Waals surface area contributed by atoms with Crippen LogP contribution < -0.4 is 10.6 Å². The number of morpholine rings is 1. The molecule has 1 unspecified atom stereocenters. The van der Waals surface area contributed by atoms with E-state index in [-0.39, 0.29) is 23.8 Å². The number of hydrogen-bond acceptors (Lipinski definition) is 4. The number of amides is 2. The second-order valence-electron chi connectivity index (χ2n) is 7.70. The van der Waals surface area contributed by atoms with Gasteiger partial charge in [-0.2, -0.15) is 0 Å². The molecule has 142 valence electrons. The van der Waals surface area contributed by atoms with E-state index in [4.69, 9.17) is 4.74 Å². The fourth-order valence-electron chi connectivity index (χ4n) is 3.19. The average molecular weight is 359 g/mol. The third-order valence-electron chi connectivity index (χ3n) is 4.70. The summed E-state index contributed by atoms with van der Waals surface area (Å²) in [6.07, 6.45) is 1.98. The summed E-state index contributed by atoms with van der Waals surface area (Å²) in [6, 6.07) is 7.03. The molecule has 0 bridgehead atoms. The number of nitrogens with one attached hydrogen (secondary N) is 2. The second-order valence-corrected chi connectivity index (χ2v) is 7.70. The molecule has 1 aromatic rings. The normalized spacial score (nSPS) is 20.8. The molecule has 6 heteroatoms. The third kappa shape index (κ3) is 5.54. The Bertz CT molecular complexity index is 626. The van der Waals surface area contributed by atoms with E-state index in [0.29, 0.717) is 24.6 Å². The molecular weight excluding hydrogens is 330 g/mol. The van der Waals surface area contributed by atoms with E-state index in [1.807, 2.05) is 0 Å². The van der Waals surface area contributed by atoms with Gasteiger partial charge in [-0.05, 0) is 43.0 Å². The van der Waals surface area contributed by atoms with E-state index in [1.165, 1.54) is 0 Å². The number of carbonyl (C=O) groups excluding carboxylic acids is 2. The molecule has 1 heterocycles. The maximum absolute atomic E-state index is 12.3. The summed E-state index contributed by atoms with van der Waals surface area (Å²) >= 11 is 0. The summed E-state index contributed by atoms with van der Waals surface area (Å²) in [4.78, 5) is 26.5. The van der Waals surface area contributed by atoms with E-state index >= 15 is 0 Å². The fraction of sp³-hybridized carbons (Fsp3) is 0.600. The van der Waals surface area contributed by atoms with Crippen molar-refractivity contribution in [1.29, 1.82) is 0 Å². The van der Waals surface area contributed by atoms with Crippen molar-refractivity contribution >= 4 is 17.5 Å². The predicted octanol–water partition coefficient (Wildman–Crippen LogP) is 2.12. The van der Waals surface area contributed by atoms with E-state index in [1.54, 1.807) is 24.3 Å². The Morgan fingerprint density at radius 1 is 1.23 bits per heavy atom. The van der Waals surface area contributed by atoms with Crippen molar-refractivity contribution in [1.82, 2.24) is 10.2 Å². The summed E-state index contributed by atoms with van der Waals surface area (Å²) in [5.41, 5.74) is 1.32. The predicted molar refractivity (Wildman–Crippen MR) is 101 cm³/mol. The Balaban J connectivity index is 1.44. The van der Waals surface area contributed by atoms with Gasteiger partial charge in [0.25, 0.3) is 5.91 Å². The molecule has 1 atom stereocenters. The standard InChI is InChI=1S/C20H29N3O3/c1-14(2)12-23-9-10-26-18(13-23)11-21-19(24)15-5-7-17(8-6-15)22-20(25)16-3-4-16/h5-8,14,16,18H,3-4,9-13H2,1-2H3,(H,21,24)(H,22,25). The number of rotatable bonds is 7. The van der Waals surface area contributed by atoms with Crippen molar-refractivity contribution in [2.75, 3.05) is 38.1 Å². The molecule has 1 aliphatic heterocycles. The van der Waals surface area contributed by atoms with Crippen molar-refractivity contribution in [3.63, 3.8) is 0 Å². The summed E-state index contributed by atoms with van der Waals surface area (Å²) < 4.78 is 5.76. The van der Waals surface area contributed by atoms with Crippen molar-refractivity contribution in [3.8, 4) is 0 Å². The van der Waals surface area contributed by atoms with Gasteiger partial charge in [-0.15, -0.1) is 0 Å². The van der Waals surface area contributed by atoms with Crippen LogP contribution in [0.3, 0.4) is 0 Å². The first-order valence-electron chi connectivity index (χ1n) is 9.54. The Hall–Kier alpha value is -1.92. The Morgan fingerprint density at radius 3 is 2.62 bits per heavy atom. The minimum atomic E-state index is -0.116. The molecule has 26 heavy (non-hydrogen) atoms. The molecular formula is C20H29N3O3. The molecule has 1 aromatic carbocycles. The van der Waals surface area contributed by atoms with E-state index in [9.17, 15) is 9.59 Å². The molecule has 1 aliphatic carbocycles. The Kier molecular flexibility index (Phi) is 6.27. The summed E-state index contributed by atoms with van der Waals surface area (Å²) in [5.74, 6) is 0.753. The van der Waals surface area contributed by atoms with Crippen LogP contribution in [0.25, 0.3) is 0 Å². The number of nitrogens with zero attached hydrogens (tertiary/aromatic N) is 1. The van der Waals surface area contributed by atoms with Gasteiger partial charge >= 0.3 is 0 Å². The Labute approximate surface area is 155 Å². The number of anilines is 1.